The van der Waals surface area contributed by atoms with Crippen LogP contribution in [0.5, 0.6) is 0 Å². The minimum absolute atomic E-state index is 0.115. The molecule has 1 spiro atoms. The lowest BCUT2D eigenvalue weighted by atomic mass is 9.71. The Bertz CT molecular complexity index is 1890. The van der Waals surface area contributed by atoms with E-state index >= 15 is 0 Å². The molecule has 52 heavy (non-hydrogen) atoms. The van der Waals surface area contributed by atoms with E-state index in [1.165, 1.54) is 15.9 Å². The normalized spacial score (nSPS) is 23.8. The molecular formula is C40H50BrN7O4. The number of aryl methyl sites for hydroxylation is 3. The molecular weight excluding hydrogens is 722 g/mol. The SMILES string of the molecule is Cc1cc(N2CCC3(CCN(C(=O)c4ccc([C@@H]5C[C@H](Nc6cnn(C)c(=O)c6Br)CN(C)C5)cc4)CC3)CC2)cc(C)c1C1CCC(=O)NC1=O. The highest BCUT2D eigenvalue weighted by Gasteiger charge is 2.39. The molecule has 4 fully saturated rings. The smallest absolute Gasteiger partial charge is 0.282 e. The monoisotopic (exact) mass is 771 g/mol. The van der Waals surface area contributed by atoms with Crippen LogP contribution in [-0.2, 0) is 16.6 Å². The van der Waals surface area contributed by atoms with Crippen molar-refractivity contribution in [3.63, 3.8) is 0 Å². The van der Waals surface area contributed by atoms with Crippen LogP contribution < -0.4 is 21.1 Å². The number of likely N-dealkylation sites (tertiary alicyclic amines) is 2. The van der Waals surface area contributed by atoms with Crippen LogP contribution in [0.2, 0.25) is 0 Å². The predicted molar refractivity (Wildman–Crippen MR) is 206 cm³/mol. The van der Waals surface area contributed by atoms with Crippen LogP contribution in [0.1, 0.15) is 89.4 Å². The van der Waals surface area contributed by atoms with Crippen LogP contribution >= 0.6 is 15.9 Å². The Labute approximate surface area is 314 Å². The lowest BCUT2D eigenvalue weighted by molar-refractivity contribution is -0.134. The first-order chi connectivity index (χ1) is 24.9. The van der Waals surface area contributed by atoms with Crippen LogP contribution in [0.25, 0.3) is 0 Å². The van der Waals surface area contributed by atoms with Crippen LogP contribution in [0.3, 0.4) is 0 Å². The van der Waals surface area contributed by atoms with E-state index in [9.17, 15) is 19.2 Å². The largest absolute Gasteiger partial charge is 0.379 e. The zero-order valence-electron chi connectivity index (χ0n) is 30.7. The van der Waals surface area contributed by atoms with Gasteiger partial charge >= 0.3 is 0 Å². The van der Waals surface area contributed by atoms with Gasteiger partial charge in [0.25, 0.3) is 11.5 Å². The van der Waals surface area contributed by atoms with Gasteiger partial charge in [0, 0.05) is 70.0 Å². The third-order valence-electron chi connectivity index (χ3n) is 12.2. The van der Waals surface area contributed by atoms with Crippen molar-refractivity contribution in [2.24, 2.45) is 12.5 Å². The highest BCUT2D eigenvalue weighted by Crippen LogP contribution is 2.43. The predicted octanol–water partition coefficient (Wildman–Crippen LogP) is 5.10. The number of piperidine rings is 4. The summed E-state index contributed by atoms with van der Waals surface area (Å²) in [6.45, 7) is 9.49. The standard InChI is InChI=1S/C40H50BrN7O4/c1-25-19-31(20-26(2)35(25)32-9-10-34(49)44-37(32)50)47-15-11-40(12-16-47)13-17-48(18-14-40)38(51)28-7-5-27(6-8-28)29-21-30(24-45(3)23-29)43-33-22-42-46(4)39(52)36(33)41/h5-8,19-20,22,29-30,32,43H,9-18,21,23-24H2,1-4H3,(H,44,49,50)/t29-,30+,32?/m1/s1. The molecule has 1 aromatic heterocycles. The lowest BCUT2D eigenvalue weighted by Gasteiger charge is -2.47. The van der Waals surface area contributed by atoms with Crippen molar-refractivity contribution in [1.82, 2.24) is 24.9 Å². The number of carbonyl (C=O) groups is 3. The molecule has 5 heterocycles. The molecule has 0 aliphatic carbocycles. The summed E-state index contributed by atoms with van der Waals surface area (Å²) in [6, 6.07) is 12.8. The van der Waals surface area contributed by atoms with Crippen molar-refractivity contribution in [2.75, 3.05) is 56.5 Å². The first-order valence-corrected chi connectivity index (χ1v) is 19.4. The van der Waals surface area contributed by atoms with E-state index in [1.807, 2.05) is 17.0 Å². The second-order valence-corrected chi connectivity index (χ2v) is 16.5. The highest BCUT2D eigenvalue weighted by atomic mass is 79.9. The number of hydrogen-bond acceptors (Lipinski definition) is 8. The lowest BCUT2D eigenvalue weighted by Crippen LogP contribution is -2.48. The van der Waals surface area contributed by atoms with E-state index in [0.717, 1.165) is 93.6 Å². The number of carbonyl (C=O) groups excluding carboxylic acids is 3. The van der Waals surface area contributed by atoms with Crippen LogP contribution in [-0.4, -0.2) is 89.7 Å². The molecule has 3 amide bonds. The minimum Gasteiger partial charge on any atom is -0.379 e. The number of anilines is 2. The van der Waals surface area contributed by atoms with Crippen LogP contribution in [0, 0.1) is 19.3 Å². The topological polar surface area (TPSA) is 120 Å². The summed E-state index contributed by atoms with van der Waals surface area (Å²) >= 11 is 3.43. The van der Waals surface area contributed by atoms with Gasteiger partial charge in [-0.25, -0.2) is 4.68 Å². The number of nitrogens with zero attached hydrogens (tertiary/aromatic N) is 5. The Kier molecular flexibility index (Phi) is 10.3. The number of amides is 3. The molecule has 0 bridgehead atoms. The molecule has 3 atom stereocenters. The number of aromatic nitrogens is 2. The minimum atomic E-state index is -0.266. The van der Waals surface area contributed by atoms with Crippen molar-refractivity contribution < 1.29 is 14.4 Å². The molecule has 276 valence electrons. The molecule has 3 aromatic rings. The first kappa shape index (κ1) is 36.3. The Morgan fingerprint density at radius 1 is 0.942 bits per heavy atom. The van der Waals surface area contributed by atoms with E-state index in [1.54, 1.807) is 13.2 Å². The highest BCUT2D eigenvalue weighted by molar-refractivity contribution is 9.10. The number of likely N-dealkylation sites (N-methyl/N-ethyl adjacent to an activating group) is 1. The molecule has 0 radical (unpaired) electrons. The van der Waals surface area contributed by atoms with Gasteiger partial charge in [-0.2, -0.15) is 5.10 Å². The summed E-state index contributed by atoms with van der Waals surface area (Å²) in [7, 11) is 3.76. The molecule has 4 aliphatic rings. The average Bonchev–Trinajstić information content (AvgIpc) is 3.12. The van der Waals surface area contributed by atoms with Crippen molar-refractivity contribution in [3.05, 3.63) is 85.2 Å². The fourth-order valence-corrected chi connectivity index (χ4v) is 9.63. The average molecular weight is 773 g/mol. The summed E-state index contributed by atoms with van der Waals surface area (Å²) in [5.41, 5.74) is 7.26. The number of benzene rings is 2. The molecule has 2 aromatic carbocycles. The van der Waals surface area contributed by atoms with E-state index in [0.29, 0.717) is 28.9 Å². The van der Waals surface area contributed by atoms with Gasteiger partial charge < -0.3 is 20.0 Å². The Hall–Kier alpha value is -4.03. The fourth-order valence-electron chi connectivity index (χ4n) is 9.15. The number of halogens is 1. The number of rotatable bonds is 6. The molecule has 12 heteroatoms. The Morgan fingerprint density at radius 2 is 1.60 bits per heavy atom. The van der Waals surface area contributed by atoms with E-state index in [2.05, 4.69) is 86.6 Å². The maximum absolute atomic E-state index is 13.6. The molecule has 11 nitrogen and oxygen atoms in total. The third-order valence-corrected chi connectivity index (χ3v) is 12.9. The maximum atomic E-state index is 13.6. The van der Waals surface area contributed by atoms with Gasteiger partial charge in [0.05, 0.1) is 17.8 Å². The molecule has 2 N–H and O–H groups in total. The number of nitrogens with one attached hydrogen (secondary N) is 2. The van der Waals surface area contributed by atoms with Gasteiger partial charge in [0.2, 0.25) is 11.8 Å². The van der Waals surface area contributed by atoms with E-state index in [4.69, 9.17) is 0 Å². The van der Waals surface area contributed by atoms with E-state index < -0.39 is 0 Å². The van der Waals surface area contributed by atoms with E-state index in [-0.39, 0.29) is 40.7 Å². The zero-order valence-corrected chi connectivity index (χ0v) is 32.3. The fraction of sp³-hybridized carbons (Fsp3) is 0.525. The number of hydrogen-bond donors (Lipinski definition) is 2. The zero-order chi connectivity index (χ0) is 36.7. The molecule has 1 unspecified atom stereocenters. The van der Waals surface area contributed by atoms with Crippen molar-refractivity contribution in [3.8, 4) is 0 Å². The van der Waals surface area contributed by atoms with Crippen molar-refractivity contribution in [2.45, 2.75) is 76.7 Å². The summed E-state index contributed by atoms with van der Waals surface area (Å²) in [5, 5.41) is 10.2. The van der Waals surface area contributed by atoms with Gasteiger partial charge in [-0.1, -0.05) is 12.1 Å². The Morgan fingerprint density at radius 3 is 2.25 bits per heavy atom. The molecule has 4 saturated heterocycles. The van der Waals surface area contributed by atoms with Crippen molar-refractivity contribution >= 4 is 45.0 Å². The van der Waals surface area contributed by atoms with Crippen molar-refractivity contribution in [1.29, 1.82) is 0 Å². The molecule has 7 rings (SSSR count). The van der Waals surface area contributed by atoms with Gasteiger partial charge in [0.15, 0.2) is 0 Å². The number of imide groups is 1. The second-order valence-electron chi connectivity index (χ2n) is 15.7. The van der Waals surface area contributed by atoms with Crippen LogP contribution in [0.4, 0.5) is 11.4 Å². The summed E-state index contributed by atoms with van der Waals surface area (Å²) in [6.07, 6.45) is 7.83. The summed E-state index contributed by atoms with van der Waals surface area (Å²) in [5.74, 6) is -0.213. The first-order valence-electron chi connectivity index (χ1n) is 18.7. The quantitative estimate of drug-likeness (QED) is 0.333. The van der Waals surface area contributed by atoms with Crippen LogP contribution in [0.15, 0.2) is 51.9 Å². The van der Waals surface area contributed by atoms with Gasteiger partial charge in [0.1, 0.15) is 4.47 Å². The van der Waals surface area contributed by atoms with Gasteiger partial charge in [-0.3, -0.25) is 24.5 Å². The summed E-state index contributed by atoms with van der Waals surface area (Å²) < 4.78 is 1.81. The molecule has 0 saturated carbocycles. The summed E-state index contributed by atoms with van der Waals surface area (Å²) in [4.78, 5) is 57.1. The van der Waals surface area contributed by atoms with Gasteiger partial charge in [-0.05, 0) is 133 Å². The second kappa shape index (κ2) is 14.8. The maximum Gasteiger partial charge on any atom is 0.282 e. The molecule has 4 aliphatic heterocycles. The Balaban J connectivity index is 0.921. The van der Waals surface area contributed by atoms with Gasteiger partial charge in [-0.15, -0.1) is 0 Å². The third kappa shape index (κ3) is 7.42.